The number of esters is 1. The molecule has 2 aromatic carbocycles. The van der Waals surface area contributed by atoms with Gasteiger partial charge < -0.3 is 19.0 Å². The Hall–Kier alpha value is -3.54. The maximum atomic E-state index is 12.8. The van der Waals surface area contributed by atoms with Gasteiger partial charge in [0.2, 0.25) is 5.91 Å². The van der Waals surface area contributed by atoms with E-state index in [0.717, 1.165) is 53.2 Å². The van der Waals surface area contributed by atoms with Crippen LogP contribution in [0.1, 0.15) is 55.5 Å². The van der Waals surface area contributed by atoms with E-state index in [1.54, 1.807) is 18.4 Å². The summed E-state index contributed by atoms with van der Waals surface area (Å²) in [6.07, 6.45) is 7.51. The first-order valence-corrected chi connectivity index (χ1v) is 11.5. The van der Waals surface area contributed by atoms with E-state index in [1.807, 2.05) is 30.5 Å². The molecule has 4 rings (SSSR count). The summed E-state index contributed by atoms with van der Waals surface area (Å²) in [5, 5.41) is 4.93. The Labute approximate surface area is 193 Å². The predicted molar refractivity (Wildman–Crippen MR) is 131 cm³/mol. The third kappa shape index (κ3) is 4.65. The average Bonchev–Trinajstić information content (AvgIpc) is 3.47. The fraction of sp³-hybridized carbons (Fsp3) is 0.333. The molecule has 1 atom stereocenters. The number of aromatic nitrogens is 1. The smallest absolute Gasteiger partial charge is 0.338 e. The number of rotatable bonds is 9. The van der Waals surface area contributed by atoms with Gasteiger partial charge in [0.05, 0.1) is 31.0 Å². The van der Waals surface area contributed by atoms with E-state index in [4.69, 9.17) is 9.15 Å². The maximum absolute atomic E-state index is 12.8. The van der Waals surface area contributed by atoms with Crippen molar-refractivity contribution in [2.24, 2.45) is 5.92 Å². The van der Waals surface area contributed by atoms with Crippen LogP contribution in [0.4, 0.5) is 5.69 Å². The number of nitrogens with one attached hydrogen (secondary N) is 1. The van der Waals surface area contributed by atoms with Crippen LogP contribution in [-0.2, 0) is 16.1 Å². The summed E-state index contributed by atoms with van der Waals surface area (Å²) in [6, 6.07) is 13.5. The Balaban J connectivity index is 1.60. The number of unbranched alkanes of at least 4 members (excludes halogenated alkanes) is 1. The highest BCUT2D eigenvalue weighted by atomic mass is 16.5. The predicted octanol–water partition coefficient (Wildman–Crippen LogP) is 6.38. The number of anilines is 1. The lowest BCUT2D eigenvalue weighted by Gasteiger charge is -2.15. The Bertz CT molecular complexity index is 1280. The fourth-order valence-electron chi connectivity index (χ4n) is 4.33. The number of furan rings is 1. The standard InChI is InChI=1S/C27H30N2O4/c1-4-6-7-18(5-2)26(30)28-21-10-8-19-12-14-29(24(19)16-21)17-20-9-11-23(27(31)32-3)22-13-15-33-25(20)22/h8-16,18H,4-7,17H2,1-3H3,(H,28,30). The Kier molecular flexibility index (Phi) is 6.82. The van der Waals surface area contributed by atoms with Crippen molar-refractivity contribution in [2.75, 3.05) is 12.4 Å². The Morgan fingerprint density at radius 1 is 1.12 bits per heavy atom. The van der Waals surface area contributed by atoms with Crippen LogP contribution in [0.15, 0.2) is 59.3 Å². The number of carbonyl (C=O) groups is 2. The molecule has 1 N–H and O–H groups in total. The van der Waals surface area contributed by atoms with Crippen molar-refractivity contribution in [1.29, 1.82) is 0 Å². The number of fused-ring (bicyclic) bond motifs is 2. The third-order valence-corrected chi connectivity index (χ3v) is 6.26. The van der Waals surface area contributed by atoms with Gasteiger partial charge in [-0.2, -0.15) is 0 Å². The van der Waals surface area contributed by atoms with Crippen LogP contribution in [0.3, 0.4) is 0 Å². The normalized spacial score (nSPS) is 12.2. The van der Waals surface area contributed by atoms with Crippen LogP contribution < -0.4 is 5.32 Å². The van der Waals surface area contributed by atoms with Crippen LogP contribution in [0.25, 0.3) is 21.9 Å². The monoisotopic (exact) mass is 446 g/mol. The van der Waals surface area contributed by atoms with E-state index in [0.29, 0.717) is 17.7 Å². The van der Waals surface area contributed by atoms with Crippen molar-refractivity contribution < 1.29 is 18.7 Å². The molecule has 0 radical (unpaired) electrons. The lowest BCUT2D eigenvalue weighted by molar-refractivity contribution is -0.120. The summed E-state index contributed by atoms with van der Waals surface area (Å²) in [5.41, 5.74) is 3.93. The molecule has 2 aromatic heterocycles. The highest BCUT2D eigenvalue weighted by molar-refractivity contribution is 6.04. The van der Waals surface area contributed by atoms with Crippen LogP contribution in [0, 0.1) is 5.92 Å². The highest BCUT2D eigenvalue weighted by Crippen LogP contribution is 2.28. The molecule has 33 heavy (non-hydrogen) atoms. The van der Waals surface area contributed by atoms with Crippen LogP contribution in [0.2, 0.25) is 0 Å². The number of carbonyl (C=O) groups excluding carboxylic acids is 2. The van der Waals surface area contributed by atoms with Gasteiger partial charge in [-0.05, 0) is 48.6 Å². The molecule has 0 spiro atoms. The third-order valence-electron chi connectivity index (χ3n) is 6.26. The van der Waals surface area contributed by atoms with Gasteiger partial charge in [0.1, 0.15) is 5.58 Å². The SMILES string of the molecule is CCCCC(CC)C(=O)Nc1ccc2ccn(Cc3ccc(C(=O)OC)c4ccoc34)c2c1. The van der Waals surface area contributed by atoms with E-state index in [-0.39, 0.29) is 17.8 Å². The molecule has 1 unspecified atom stereocenters. The first kappa shape index (κ1) is 22.6. The topological polar surface area (TPSA) is 73.5 Å². The van der Waals surface area contributed by atoms with Crippen LogP contribution in [0.5, 0.6) is 0 Å². The molecule has 0 aliphatic rings. The zero-order valence-corrected chi connectivity index (χ0v) is 19.4. The number of hydrogen-bond acceptors (Lipinski definition) is 4. The molecular formula is C27H30N2O4. The van der Waals surface area contributed by atoms with Gasteiger partial charge in [-0.3, -0.25) is 4.79 Å². The van der Waals surface area contributed by atoms with Gasteiger partial charge in [0.15, 0.2) is 0 Å². The minimum absolute atomic E-state index is 0.0352. The van der Waals surface area contributed by atoms with Crippen molar-refractivity contribution in [3.05, 3.63) is 66.1 Å². The molecule has 172 valence electrons. The van der Waals surface area contributed by atoms with Gasteiger partial charge in [-0.15, -0.1) is 0 Å². The Morgan fingerprint density at radius 3 is 2.73 bits per heavy atom. The van der Waals surface area contributed by atoms with Crippen molar-refractivity contribution in [3.8, 4) is 0 Å². The molecular weight excluding hydrogens is 416 g/mol. The molecule has 4 aromatic rings. The van der Waals surface area contributed by atoms with Crippen molar-refractivity contribution >= 4 is 39.4 Å². The van der Waals surface area contributed by atoms with Crippen LogP contribution in [-0.4, -0.2) is 23.6 Å². The second-order valence-electron chi connectivity index (χ2n) is 8.38. The summed E-state index contributed by atoms with van der Waals surface area (Å²) in [6.45, 7) is 4.78. The molecule has 0 saturated heterocycles. The largest absolute Gasteiger partial charge is 0.465 e. The molecule has 0 fully saturated rings. The lowest BCUT2D eigenvalue weighted by Crippen LogP contribution is -2.22. The zero-order valence-electron chi connectivity index (χ0n) is 19.4. The summed E-state index contributed by atoms with van der Waals surface area (Å²) < 4.78 is 12.7. The quantitative estimate of drug-likeness (QED) is 0.303. The first-order valence-electron chi connectivity index (χ1n) is 11.5. The molecule has 2 heterocycles. The van der Waals surface area contributed by atoms with E-state index in [9.17, 15) is 9.59 Å². The second kappa shape index (κ2) is 9.94. The maximum Gasteiger partial charge on any atom is 0.338 e. The van der Waals surface area contributed by atoms with Gasteiger partial charge in [-0.1, -0.05) is 38.8 Å². The molecule has 6 heteroatoms. The number of hydrogen-bond donors (Lipinski definition) is 1. The first-order chi connectivity index (χ1) is 16.0. The van der Waals surface area contributed by atoms with Crippen molar-refractivity contribution in [3.63, 3.8) is 0 Å². The van der Waals surface area contributed by atoms with E-state index in [1.165, 1.54) is 7.11 Å². The van der Waals surface area contributed by atoms with Gasteiger partial charge >= 0.3 is 5.97 Å². The molecule has 0 aliphatic carbocycles. The fourth-order valence-corrected chi connectivity index (χ4v) is 4.33. The molecule has 0 bridgehead atoms. The number of amides is 1. The lowest BCUT2D eigenvalue weighted by atomic mass is 9.98. The highest BCUT2D eigenvalue weighted by Gasteiger charge is 2.18. The van der Waals surface area contributed by atoms with Gasteiger partial charge in [0, 0.05) is 28.8 Å². The number of benzene rings is 2. The number of nitrogens with zero attached hydrogens (tertiary/aromatic N) is 1. The van der Waals surface area contributed by atoms with E-state index in [2.05, 4.69) is 29.8 Å². The van der Waals surface area contributed by atoms with E-state index >= 15 is 0 Å². The number of ether oxygens (including phenoxy) is 1. The summed E-state index contributed by atoms with van der Waals surface area (Å²) >= 11 is 0. The molecule has 0 aliphatic heterocycles. The average molecular weight is 447 g/mol. The zero-order chi connectivity index (χ0) is 23.4. The van der Waals surface area contributed by atoms with Crippen molar-refractivity contribution in [1.82, 2.24) is 4.57 Å². The second-order valence-corrected chi connectivity index (χ2v) is 8.38. The molecule has 1 amide bonds. The van der Waals surface area contributed by atoms with Crippen molar-refractivity contribution in [2.45, 2.75) is 46.1 Å². The molecule has 6 nitrogen and oxygen atoms in total. The summed E-state index contributed by atoms with van der Waals surface area (Å²) in [7, 11) is 1.37. The summed E-state index contributed by atoms with van der Waals surface area (Å²) in [4.78, 5) is 24.8. The number of methoxy groups -OCH3 is 1. The van der Waals surface area contributed by atoms with Gasteiger partial charge in [0.25, 0.3) is 0 Å². The minimum Gasteiger partial charge on any atom is -0.465 e. The van der Waals surface area contributed by atoms with Gasteiger partial charge in [-0.25, -0.2) is 4.79 Å². The minimum atomic E-state index is -0.385. The van der Waals surface area contributed by atoms with E-state index < -0.39 is 0 Å². The Morgan fingerprint density at radius 2 is 1.97 bits per heavy atom. The summed E-state index contributed by atoms with van der Waals surface area (Å²) in [5.74, 6) is -0.267. The molecule has 0 saturated carbocycles. The van der Waals surface area contributed by atoms with Crippen LogP contribution >= 0.6 is 0 Å².